The van der Waals surface area contributed by atoms with E-state index in [0.29, 0.717) is 0 Å². The number of halogens is 3. The molecule has 3 rings (SSSR count). The summed E-state index contributed by atoms with van der Waals surface area (Å²) < 4.78 is 33.6. The summed E-state index contributed by atoms with van der Waals surface area (Å²) in [6.45, 7) is 3.17. The fourth-order valence-corrected chi connectivity index (χ4v) is 2.70. The van der Waals surface area contributed by atoms with Crippen molar-refractivity contribution in [1.29, 1.82) is 0 Å². The van der Waals surface area contributed by atoms with Gasteiger partial charge >= 0.3 is 0 Å². The van der Waals surface area contributed by atoms with Crippen molar-refractivity contribution >= 4 is 29.1 Å². The second-order valence-electron chi connectivity index (χ2n) is 5.77. The highest BCUT2D eigenvalue weighted by molar-refractivity contribution is 6.42. The average molecular weight is 380 g/mol. The van der Waals surface area contributed by atoms with Gasteiger partial charge in [-0.25, -0.2) is 13.8 Å². The van der Waals surface area contributed by atoms with E-state index in [9.17, 15) is 13.6 Å². The molecule has 0 bridgehead atoms. The molecule has 1 unspecified atom stereocenters. The van der Waals surface area contributed by atoms with Crippen LogP contribution in [0.2, 0.25) is 0 Å². The van der Waals surface area contributed by atoms with E-state index in [0.717, 1.165) is 17.8 Å². The van der Waals surface area contributed by atoms with Crippen LogP contribution in [0.1, 0.15) is 24.2 Å². The first kappa shape index (κ1) is 18.1. The van der Waals surface area contributed by atoms with Gasteiger partial charge < -0.3 is 9.64 Å². The van der Waals surface area contributed by atoms with Gasteiger partial charge in [0.05, 0.1) is 5.69 Å². The molecule has 0 aliphatic carbocycles. The molecule has 1 aliphatic heterocycles. The zero-order valence-electron chi connectivity index (χ0n) is 14.1. The van der Waals surface area contributed by atoms with Gasteiger partial charge in [-0.05, 0) is 25.1 Å². The van der Waals surface area contributed by atoms with Crippen LogP contribution in [0, 0.1) is 11.6 Å². The van der Waals surface area contributed by atoms with Gasteiger partial charge in [0.1, 0.15) is 29.4 Å². The van der Waals surface area contributed by atoms with Crippen molar-refractivity contribution < 1.29 is 18.3 Å². The molecule has 1 aromatic carbocycles. The lowest BCUT2D eigenvalue weighted by atomic mass is 10.2. The van der Waals surface area contributed by atoms with Crippen molar-refractivity contribution in [1.82, 2.24) is 4.57 Å². The Balaban J connectivity index is 1.73. The first-order valence-electron chi connectivity index (χ1n) is 7.84. The summed E-state index contributed by atoms with van der Waals surface area (Å²) in [5.41, 5.74) is 0.949. The van der Waals surface area contributed by atoms with Gasteiger partial charge in [0.15, 0.2) is 0 Å². The third kappa shape index (κ3) is 3.77. The maximum Gasteiger partial charge on any atom is 0.231 e. The first-order valence-corrected chi connectivity index (χ1v) is 8.22. The van der Waals surface area contributed by atoms with Crippen LogP contribution in [0.15, 0.2) is 52.9 Å². The number of carbonyl (C=O) groups excluding carboxylic acids is 1. The highest BCUT2D eigenvalue weighted by atomic mass is 35.5. The van der Waals surface area contributed by atoms with Crippen LogP contribution in [0.5, 0.6) is 0 Å². The number of anilines is 1. The molecule has 0 N–H and O–H groups in total. The predicted molar refractivity (Wildman–Crippen MR) is 95.2 cm³/mol. The first-order chi connectivity index (χ1) is 12.3. The molecule has 26 heavy (non-hydrogen) atoms. The van der Waals surface area contributed by atoms with Crippen molar-refractivity contribution in [3.05, 3.63) is 65.1 Å². The minimum atomic E-state index is -0.693. The molecule has 8 heteroatoms. The van der Waals surface area contributed by atoms with E-state index in [2.05, 4.69) is 4.99 Å². The lowest BCUT2D eigenvalue weighted by Gasteiger charge is -2.28. The quantitative estimate of drug-likeness (QED) is 0.799. The molecule has 0 saturated carbocycles. The van der Waals surface area contributed by atoms with Crippen LogP contribution in [-0.2, 0) is 11.3 Å². The fourth-order valence-electron chi connectivity index (χ4n) is 2.49. The molecular weight excluding hydrogens is 364 g/mol. The van der Waals surface area contributed by atoms with Crippen molar-refractivity contribution in [3.63, 3.8) is 0 Å². The van der Waals surface area contributed by atoms with E-state index in [1.807, 2.05) is 6.92 Å². The Morgan fingerprint density at radius 2 is 2.12 bits per heavy atom. The Bertz CT molecular complexity index is 908. The zero-order chi connectivity index (χ0) is 18.8. The van der Waals surface area contributed by atoms with Gasteiger partial charge in [-0.15, -0.1) is 0 Å². The number of nitrogens with zero attached hydrogens (tertiary/aromatic N) is 3. The topological polar surface area (TPSA) is 46.8 Å². The second-order valence-corrected chi connectivity index (χ2v) is 6.18. The van der Waals surface area contributed by atoms with Crippen LogP contribution in [0.4, 0.5) is 14.5 Å². The van der Waals surface area contributed by atoms with Gasteiger partial charge in [-0.1, -0.05) is 11.6 Å². The molecular formula is C18H16ClF2N3O2. The minimum Gasteiger partial charge on any atom is -0.472 e. The summed E-state index contributed by atoms with van der Waals surface area (Å²) in [4.78, 5) is 17.6. The third-order valence-electron chi connectivity index (χ3n) is 3.88. The Kier molecular flexibility index (Phi) is 5.08. The minimum absolute atomic E-state index is 0.107. The standard InChI is InChI=1S/C18H16ClF2N3O2/c1-11-22-18(26-10-13-3-4-14(20)7-17(13)21)16(19)9-24(11)15-5-6-23(8-15)12(2)25/h3-9,11H,10H2,1-2H3. The second kappa shape index (κ2) is 7.29. The fraction of sp³-hybridized carbons (Fsp3) is 0.222. The van der Waals surface area contributed by atoms with Crippen molar-refractivity contribution in [2.75, 3.05) is 4.90 Å². The highest BCUT2D eigenvalue weighted by Crippen LogP contribution is 2.26. The maximum absolute atomic E-state index is 13.7. The average Bonchev–Trinajstić information content (AvgIpc) is 3.06. The van der Waals surface area contributed by atoms with E-state index in [1.165, 1.54) is 17.6 Å². The van der Waals surface area contributed by atoms with Gasteiger partial charge in [-0.2, -0.15) is 0 Å². The molecule has 5 nitrogen and oxygen atoms in total. The molecule has 1 aromatic heterocycles. The molecule has 1 atom stereocenters. The number of rotatable bonds is 3. The Hall–Kier alpha value is -2.67. The van der Waals surface area contributed by atoms with E-state index in [1.54, 1.807) is 29.6 Å². The zero-order valence-corrected chi connectivity index (χ0v) is 14.9. The van der Waals surface area contributed by atoms with Crippen LogP contribution in [-0.4, -0.2) is 22.5 Å². The van der Waals surface area contributed by atoms with Crippen molar-refractivity contribution in [3.8, 4) is 0 Å². The number of hydrogen-bond acceptors (Lipinski definition) is 4. The van der Waals surface area contributed by atoms with Crippen LogP contribution < -0.4 is 4.90 Å². The van der Waals surface area contributed by atoms with Crippen LogP contribution in [0.25, 0.3) is 0 Å². The molecule has 0 amide bonds. The van der Waals surface area contributed by atoms with E-state index < -0.39 is 11.6 Å². The lowest BCUT2D eigenvalue weighted by molar-refractivity contribution is 0.0937. The number of hydrogen-bond donors (Lipinski definition) is 0. The van der Waals surface area contributed by atoms with Crippen LogP contribution in [0.3, 0.4) is 0 Å². The number of ether oxygens (including phenoxy) is 1. The van der Waals surface area contributed by atoms with E-state index in [4.69, 9.17) is 16.3 Å². The largest absolute Gasteiger partial charge is 0.472 e. The number of aromatic nitrogens is 1. The molecule has 2 aromatic rings. The summed E-state index contributed by atoms with van der Waals surface area (Å²) >= 11 is 6.23. The van der Waals surface area contributed by atoms with E-state index in [-0.39, 0.29) is 35.2 Å². The number of benzene rings is 1. The SMILES string of the molecule is CC(=O)n1ccc(N2C=C(Cl)C(OCc3ccc(F)cc3F)=NC2C)c1. The molecule has 1 aliphatic rings. The molecule has 0 spiro atoms. The third-order valence-corrected chi connectivity index (χ3v) is 4.14. The highest BCUT2D eigenvalue weighted by Gasteiger charge is 2.23. The van der Waals surface area contributed by atoms with Gasteiger partial charge in [0.25, 0.3) is 0 Å². The lowest BCUT2D eigenvalue weighted by Crippen LogP contribution is -2.32. The Labute approximate surface area is 154 Å². The van der Waals surface area contributed by atoms with Gasteiger partial charge in [0.2, 0.25) is 11.8 Å². The summed E-state index contributed by atoms with van der Waals surface area (Å²) in [5, 5.41) is 0.237. The molecule has 0 fully saturated rings. The normalized spacial score (nSPS) is 17.0. The van der Waals surface area contributed by atoms with E-state index >= 15 is 0 Å². The number of carbonyl (C=O) groups is 1. The summed E-state index contributed by atoms with van der Waals surface area (Å²) in [5.74, 6) is -1.28. The Morgan fingerprint density at radius 3 is 2.77 bits per heavy atom. The maximum atomic E-state index is 13.7. The smallest absolute Gasteiger partial charge is 0.231 e. The Morgan fingerprint density at radius 1 is 1.35 bits per heavy atom. The predicted octanol–water partition coefficient (Wildman–Crippen LogP) is 4.29. The monoisotopic (exact) mass is 379 g/mol. The van der Waals surface area contributed by atoms with Crippen LogP contribution >= 0.6 is 11.6 Å². The van der Waals surface area contributed by atoms with Crippen molar-refractivity contribution in [2.24, 2.45) is 4.99 Å². The molecule has 0 radical (unpaired) electrons. The molecule has 0 saturated heterocycles. The number of aliphatic imine (C=N–C) groups is 1. The summed E-state index contributed by atoms with van der Waals surface area (Å²) in [6, 6.07) is 5.04. The van der Waals surface area contributed by atoms with Gasteiger partial charge in [-0.3, -0.25) is 9.36 Å². The van der Waals surface area contributed by atoms with Gasteiger partial charge in [0, 0.05) is 37.1 Å². The summed E-state index contributed by atoms with van der Waals surface area (Å²) in [7, 11) is 0. The molecule has 136 valence electrons. The molecule has 2 heterocycles. The summed E-state index contributed by atoms with van der Waals surface area (Å²) in [6.07, 6.45) is 4.62. The van der Waals surface area contributed by atoms with Crippen molar-refractivity contribution in [2.45, 2.75) is 26.6 Å².